The van der Waals surface area contributed by atoms with Crippen molar-refractivity contribution in [2.24, 2.45) is 0 Å². The van der Waals surface area contributed by atoms with Gasteiger partial charge in [-0.2, -0.15) is 0 Å². The molecule has 3 nitrogen and oxygen atoms in total. The maximum Gasteiger partial charge on any atom is 0.224 e. The number of rotatable bonds is 4. The van der Waals surface area contributed by atoms with Gasteiger partial charge in [0.25, 0.3) is 0 Å². The molecule has 4 rings (SSSR count). The number of amides is 1. The molecule has 132 valence electrons. The Hall–Kier alpha value is -2.81. The average Bonchev–Trinajstić information content (AvgIpc) is 2.66. The van der Waals surface area contributed by atoms with Crippen LogP contribution in [0.3, 0.4) is 0 Å². The Labute approximate surface area is 154 Å². The van der Waals surface area contributed by atoms with Gasteiger partial charge < -0.3 is 10.2 Å². The number of carbonyl (C=O) groups is 1. The molecule has 0 saturated heterocycles. The third-order valence-electron chi connectivity index (χ3n) is 5.16. The molecule has 26 heavy (non-hydrogen) atoms. The fraction of sp³-hybridized carbons (Fsp3) is 0.261. The number of hydrogen-bond donors (Lipinski definition) is 1. The van der Waals surface area contributed by atoms with E-state index in [1.54, 1.807) is 0 Å². The second kappa shape index (κ2) is 7.20. The molecule has 0 spiro atoms. The van der Waals surface area contributed by atoms with E-state index in [1.165, 1.54) is 34.0 Å². The summed E-state index contributed by atoms with van der Waals surface area (Å²) in [6, 6.07) is 21.0. The van der Waals surface area contributed by atoms with Crippen molar-refractivity contribution in [3.63, 3.8) is 0 Å². The molecular weight excluding hydrogens is 320 g/mol. The van der Waals surface area contributed by atoms with Gasteiger partial charge in [0, 0.05) is 25.8 Å². The van der Waals surface area contributed by atoms with Crippen LogP contribution in [-0.4, -0.2) is 19.5 Å². The highest BCUT2D eigenvalue weighted by molar-refractivity contribution is 5.85. The quantitative estimate of drug-likeness (QED) is 0.773. The van der Waals surface area contributed by atoms with Crippen molar-refractivity contribution in [1.29, 1.82) is 0 Å². The van der Waals surface area contributed by atoms with E-state index in [9.17, 15) is 4.79 Å². The molecule has 0 saturated carbocycles. The van der Waals surface area contributed by atoms with Crippen molar-refractivity contribution in [3.8, 4) is 0 Å². The lowest BCUT2D eigenvalue weighted by Crippen LogP contribution is -2.26. The van der Waals surface area contributed by atoms with Crippen LogP contribution in [0.5, 0.6) is 0 Å². The van der Waals surface area contributed by atoms with Crippen LogP contribution in [0.15, 0.2) is 60.7 Å². The molecule has 3 heteroatoms. The molecular formula is C23H24N2O. The average molecular weight is 344 g/mol. The van der Waals surface area contributed by atoms with Crippen LogP contribution in [0.2, 0.25) is 0 Å². The number of benzene rings is 3. The highest BCUT2D eigenvalue weighted by atomic mass is 16.1. The number of anilines is 1. The lowest BCUT2D eigenvalue weighted by atomic mass is 9.99. The second-order valence-electron chi connectivity index (χ2n) is 7.12. The summed E-state index contributed by atoms with van der Waals surface area (Å²) in [5.41, 5.74) is 4.93. The Morgan fingerprint density at radius 1 is 1.00 bits per heavy atom. The Morgan fingerprint density at radius 2 is 1.81 bits per heavy atom. The van der Waals surface area contributed by atoms with Crippen LogP contribution in [-0.2, 0) is 24.2 Å². The van der Waals surface area contributed by atoms with E-state index in [1.807, 2.05) is 18.2 Å². The van der Waals surface area contributed by atoms with Gasteiger partial charge in [-0.05, 0) is 46.4 Å². The zero-order valence-corrected chi connectivity index (χ0v) is 15.2. The SMILES string of the molecule is CN1CCCc2cc(CNC(=O)Cc3ccc4ccccc4c3)ccc21. The minimum Gasteiger partial charge on any atom is -0.374 e. The standard InChI is InChI=1S/C23H24N2O/c1-25-12-4-7-21-14-18(9-11-22(21)25)16-24-23(26)15-17-8-10-19-5-2-3-6-20(19)13-17/h2-3,5-6,8-11,13-14H,4,7,12,15-16H2,1H3,(H,24,26). The monoisotopic (exact) mass is 344 g/mol. The second-order valence-corrected chi connectivity index (χ2v) is 7.12. The number of aryl methyl sites for hydroxylation is 1. The summed E-state index contributed by atoms with van der Waals surface area (Å²) in [7, 11) is 2.14. The molecule has 1 heterocycles. The van der Waals surface area contributed by atoms with Crippen molar-refractivity contribution in [2.45, 2.75) is 25.8 Å². The number of nitrogens with one attached hydrogen (secondary N) is 1. The summed E-state index contributed by atoms with van der Waals surface area (Å²) in [4.78, 5) is 14.6. The van der Waals surface area contributed by atoms with E-state index >= 15 is 0 Å². The smallest absolute Gasteiger partial charge is 0.224 e. The molecule has 0 bridgehead atoms. The van der Waals surface area contributed by atoms with Crippen LogP contribution in [0.1, 0.15) is 23.1 Å². The van der Waals surface area contributed by atoms with E-state index < -0.39 is 0 Å². The summed E-state index contributed by atoms with van der Waals surface area (Å²) in [5, 5.41) is 5.44. The van der Waals surface area contributed by atoms with Gasteiger partial charge >= 0.3 is 0 Å². The number of nitrogens with zero attached hydrogens (tertiary/aromatic N) is 1. The zero-order valence-electron chi connectivity index (χ0n) is 15.2. The first kappa shape index (κ1) is 16.6. The molecule has 1 amide bonds. The largest absolute Gasteiger partial charge is 0.374 e. The van der Waals surface area contributed by atoms with Gasteiger partial charge in [0.05, 0.1) is 6.42 Å². The van der Waals surface area contributed by atoms with Crippen molar-refractivity contribution in [1.82, 2.24) is 5.32 Å². The number of fused-ring (bicyclic) bond motifs is 2. The molecule has 3 aromatic rings. The summed E-state index contributed by atoms with van der Waals surface area (Å²) >= 11 is 0. The first-order chi connectivity index (χ1) is 12.7. The molecule has 0 aliphatic carbocycles. The fourth-order valence-electron chi connectivity index (χ4n) is 3.75. The zero-order chi connectivity index (χ0) is 17.9. The first-order valence-electron chi connectivity index (χ1n) is 9.26. The fourth-order valence-corrected chi connectivity index (χ4v) is 3.75. The predicted molar refractivity (Wildman–Crippen MR) is 108 cm³/mol. The first-order valence-corrected chi connectivity index (χ1v) is 9.26. The Balaban J connectivity index is 1.39. The molecule has 0 unspecified atom stereocenters. The molecule has 0 atom stereocenters. The van der Waals surface area contributed by atoms with Gasteiger partial charge in [-0.15, -0.1) is 0 Å². The molecule has 3 aromatic carbocycles. The summed E-state index contributed by atoms with van der Waals surface area (Å²) in [5.74, 6) is 0.0649. The topological polar surface area (TPSA) is 32.3 Å². The maximum atomic E-state index is 12.3. The van der Waals surface area contributed by atoms with E-state index in [0.717, 1.165) is 18.5 Å². The lowest BCUT2D eigenvalue weighted by molar-refractivity contribution is -0.120. The van der Waals surface area contributed by atoms with Crippen LogP contribution < -0.4 is 10.2 Å². The van der Waals surface area contributed by atoms with Crippen LogP contribution in [0.25, 0.3) is 10.8 Å². The van der Waals surface area contributed by atoms with Gasteiger partial charge in [-0.3, -0.25) is 4.79 Å². The molecule has 1 aliphatic heterocycles. The minimum atomic E-state index is 0.0649. The van der Waals surface area contributed by atoms with E-state index in [0.29, 0.717) is 13.0 Å². The van der Waals surface area contributed by atoms with Crippen LogP contribution >= 0.6 is 0 Å². The van der Waals surface area contributed by atoms with Gasteiger partial charge in [0.2, 0.25) is 5.91 Å². The Bertz CT molecular complexity index is 948. The number of hydrogen-bond acceptors (Lipinski definition) is 2. The summed E-state index contributed by atoms with van der Waals surface area (Å²) in [6.45, 7) is 1.71. The summed E-state index contributed by atoms with van der Waals surface area (Å²) < 4.78 is 0. The van der Waals surface area contributed by atoms with E-state index in [4.69, 9.17) is 0 Å². The van der Waals surface area contributed by atoms with Crippen molar-refractivity contribution in [2.75, 3.05) is 18.5 Å². The normalized spacial score (nSPS) is 13.5. The molecule has 0 aromatic heterocycles. The third kappa shape index (κ3) is 3.57. The lowest BCUT2D eigenvalue weighted by Gasteiger charge is -2.27. The molecule has 0 radical (unpaired) electrons. The summed E-state index contributed by atoms with van der Waals surface area (Å²) in [6.07, 6.45) is 2.73. The molecule has 1 aliphatic rings. The highest BCUT2D eigenvalue weighted by Crippen LogP contribution is 2.26. The number of carbonyl (C=O) groups excluding carboxylic acids is 1. The van der Waals surface area contributed by atoms with Crippen LogP contribution in [0, 0.1) is 0 Å². The van der Waals surface area contributed by atoms with Crippen LogP contribution in [0.4, 0.5) is 5.69 Å². The molecule has 1 N–H and O–H groups in total. The van der Waals surface area contributed by atoms with Gasteiger partial charge in [0.15, 0.2) is 0 Å². The Kier molecular flexibility index (Phi) is 4.61. The van der Waals surface area contributed by atoms with Gasteiger partial charge in [-0.25, -0.2) is 0 Å². The van der Waals surface area contributed by atoms with Crippen molar-refractivity contribution >= 4 is 22.4 Å². The van der Waals surface area contributed by atoms with Gasteiger partial charge in [-0.1, -0.05) is 54.6 Å². The molecule has 0 fully saturated rings. The van der Waals surface area contributed by atoms with E-state index in [2.05, 4.69) is 59.7 Å². The van der Waals surface area contributed by atoms with Gasteiger partial charge in [0.1, 0.15) is 0 Å². The Morgan fingerprint density at radius 3 is 2.69 bits per heavy atom. The third-order valence-corrected chi connectivity index (χ3v) is 5.16. The predicted octanol–water partition coefficient (Wildman–Crippen LogP) is 4.08. The highest BCUT2D eigenvalue weighted by Gasteiger charge is 2.14. The minimum absolute atomic E-state index is 0.0649. The maximum absolute atomic E-state index is 12.3. The van der Waals surface area contributed by atoms with Crippen molar-refractivity contribution in [3.05, 3.63) is 77.4 Å². The van der Waals surface area contributed by atoms with Crippen molar-refractivity contribution < 1.29 is 4.79 Å². The van der Waals surface area contributed by atoms with E-state index in [-0.39, 0.29) is 5.91 Å².